The SMILES string of the molecule is c1ccc(-c2cc(-c3ccccc3)cc(N3CCOCC3)c2)cc1. The van der Waals surface area contributed by atoms with E-state index in [2.05, 4.69) is 83.8 Å². The van der Waals surface area contributed by atoms with Crippen LogP contribution < -0.4 is 4.90 Å². The Labute approximate surface area is 143 Å². The van der Waals surface area contributed by atoms with Crippen LogP contribution in [0.4, 0.5) is 5.69 Å². The zero-order valence-electron chi connectivity index (χ0n) is 13.7. The lowest BCUT2D eigenvalue weighted by molar-refractivity contribution is 0.122. The van der Waals surface area contributed by atoms with E-state index < -0.39 is 0 Å². The summed E-state index contributed by atoms with van der Waals surface area (Å²) in [7, 11) is 0. The highest BCUT2D eigenvalue weighted by Gasteiger charge is 2.14. The van der Waals surface area contributed by atoms with Gasteiger partial charge >= 0.3 is 0 Å². The zero-order chi connectivity index (χ0) is 16.2. The maximum atomic E-state index is 5.51. The Bertz CT molecular complexity index is 735. The Morgan fingerprint density at radius 2 is 1.08 bits per heavy atom. The van der Waals surface area contributed by atoms with Gasteiger partial charge in [0.05, 0.1) is 13.2 Å². The third kappa shape index (κ3) is 3.19. The lowest BCUT2D eigenvalue weighted by Gasteiger charge is -2.29. The van der Waals surface area contributed by atoms with Crippen LogP contribution >= 0.6 is 0 Å². The number of ether oxygens (including phenoxy) is 1. The van der Waals surface area contributed by atoms with E-state index in [9.17, 15) is 0 Å². The highest BCUT2D eigenvalue weighted by atomic mass is 16.5. The number of anilines is 1. The molecule has 120 valence electrons. The summed E-state index contributed by atoms with van der Waals surface area (Å²) in [6.45, 7) is 3.51. The Balaban J connectivity index is 1.81. The number of morpholine rings is 1. The van der Waals surface area contributed by atoms with Crippen LogP contribution in [0.1, 0.15) is 0 Å². The van der Waals surface area contributed by atoms with Crippen LogP contribution in [0.2, 0.25) is 0 Å². The average Bonchev–Trinajstić information content (AvgIpc) is 2.70. The quantitative estimate of drug-likeness (QED) is 0.684. The Kier molecular flexibility index (Phi) is 4.30. The van der Waals surface area contributed by atoms with E-state index in [-0.39, 0.29) is 0 Å². The molecule has 1 saturated heterocycles. The molecule has 4 rings (SSSR count). The van der Waals surface area contributed by atoms with Gasteiger partial charge in [-0.05, 0) is 40.5 Å². The van der Waals surface area contributed by atoms with Crippen molar-refractivity contribution in [3.63, 3.8) is 0 Å². The number of nitrogens with zero attached hydrogens (tertiary/aromatic N) is 1. The van der Waals surface area contributed by atoms with Gasteiger partial charge in [-0.25, -0.2) is 0 Å². The number of rotatable bonds is 3. The fourth-order valence-corrected chi connectivity index (χ4v) is 3.21. The second-order valence-electron chi connectivity index (χ2n) is 6.10. The molecule has 0 amide bonds. The summed E-state index contributed by atoms with van der Waals surface area (Å²) in [4.78, 5) is 2.42. The van der Waals surface area contributed by atoms with Crippen molar-refractivity contribution in [2.24, 2.45) is 0 Å². The molecule has 3 aromatic carbocycles. The topological polar surface area (TPSA) is 12.5 Å². The fraction of sp³-hybridized carbons (Fsp3) is 0.182. The highest BCUT2D eigenvalue weighted by molar-refractivity contribution is 5.78. The Hall–Kier alpha value is -2.58. The molecule has 0 N–H and O–H groups in total. The van der Waals surface area contributed by atoms with Gasteiger partial charge in [-0.3, -0.25) is 0 Å². The Morgan fingerprint density at radius 3 is 1.58 bits per heavy atom. The third-order valence-electron chi connectivity index (χ3n) is 4.51. The van der Waals surface area contributed by atoms with Crippen molar-refractivity contribution in [1.82, 2.24) is 0 Å². The molecule has 1 fully saturated rings. The minimum Gasteiger partial charge on any atom is -0.378 e. The molecule has 2 nitrogen and oxygen atoms in total. The smallest absolute Gasteiger partial charge is 0.0642 e. The van der Waals surface area contributed by atoms with E-state index in [1.165, 1.54) is 27.9 Å². The van der Waals surface area contributed by atoms with Crippen molar-refractivity contribution in [2.45, 2.75) is 0 Å². The van der Waals surface area contributed by atoms with Gasteiger partial charge in [0, 0.05) is 18.8 Å². The zero-order valence-corrected chi connectivity index (χ0v) is 13.7. The minimum absolute atomic E-state index is 0.802. The van der Waals surface area contributed by atoms with E-state index >= 15 is 0 Å². The van der Waals surface area contributed by atoms with Crippen molar-refractivity contribution >= 4 is 5.69 Å². The van der Waals surface area contributed by atoms with Crippen LogP contribution in [0.25, 0.3) is 22.3 Å². The molecule has 0 aliphatic carbocycles. The van der Waals surface area contributed by atoms with Crippen molar-refractivity contribution in [3.05, 3.63) is 78.9 Å². The summed E-state index contributed by atoms with van der Waals surface area (Å²) in [6, 6.07) is 28.1. The van der Waals surface area contributed by atoms with E-state index in [1.807, 2.05) is 0 Å². The molecule has 0 spiro atoms. The largest absolute Gasteiger partial charge is 0.378 e. The van der Waals surface area contributed by atoms with Crippen LogP contribution in [-0.4, -0.2) is 26.3 Å². The van der Waals surface area contributed by atoms with Gasteiger partial charge in [0.15, 0.2) is 0 Å². The molecule has 0 aromatic heterocycles. The number of hydrogen-bond donors (Lipinski definition) is 0. The molecule has 0 radical (unpaired) electrons. The van der Waals surface area contributed by atoms with Crippen LogP contribution in [0.3, 0.4) is 0 Å². The highest BCUT2D eigenvalue weighted by Crippen LogP contribution is 2.32. The molecule has 3 aromatic rings. The van der Waals surface area contributed by atoms with E-state index in [0.717, 1.165) is 26.3 Å². The predicted octanol–water partition coefficient (Wildman–Crippen LogP) is 4.86. The maximum Gasteiger partial charge on any atom is 0.0642 e. The fourth-order valence-electron chi connectivity index (χ4n) is 3.21. The molecule has 1 aliphatic rings. The molecule has 1 aliphatic heterocycles. The third-order valence-corrected chi connectivity index (χ3v) is 4.51. The first-order valence-electron chi connectivity index (χ1n) is 8.49. The molecule has 0 atom stereocenters. The lowest BCUT2D eigenvalue weighted by Crippen LogP contribution is -2.36. The molecule has 2 heteroatoms. The summed E-state index contributed by atoms with van der Waals surface area (Å²) in [6.07, 6.45) is 0. The molecular formula is C22H21NO. The molecular weight excluding hydrogens is 294 g/mol. The van der Waals surface area contributed by atoms with Gasteiger partial charge < -0.3 is 9.64 Å². The monoisotopic (exact) mass is 315 g/mol. The molecule has 0 unspecified atom stereocenters. The first kappa shape index (κ1) is 15.0. The van der Waals surface area contributed by atoms with Gasteiger partial charge in [0.2, 0.25) is 0 Å². The van der Waals surface area contributed by atoms with Gasteiger partial charge in [-0.2, -0.15) is 0 Å². The average molecular weight is 315 g/mol. The Morgan fingerprint density at radius 1 is 0.583 bits per heavy atom. The normalized spacial score (nSPS) is 14.6. The summed E-state index contributed by atoms with van der Waals surface area (Å²) in [5.74, 6) is 0. The number of benzene rings is 3. The van der Waals surface area contributed by atoms with Crippen molar-refractivity contribution in [2.75, 3.05) is 31.2 Å². The van der Waals surface area contributed by atoms with E-state index in [0.29, 0.717) is 0 Å². The van der Waals surface area contributed by atoms with Crippen LogP contribution in [0.15, 0.2) is 78.9 Å². The summed E-state index contributed by atoms with van der Waals surface area (Å²) >= 11 is 0. The maximum absolute atomic E-state index is 5.51. The molecule has 0 saturated carbocycles. The molecule has 24 heavy (non-hydrogen) atoms. The van der Waals surface area contributed by atoms with Gasteiger partial charge in [0.1, 0.15) is 0 Å². The molecule has 0 bridgehead atoms. The van der Waals surface area contributed by atoms with Gasteiger partial charge in [-0.1, -0.05) is 60.7 Å². The second kappa shape index (κ2) is 6.90. The summed E-state index contributed by atoms with van der Waals surface area (Å²) in [5.41, 5.74) is 6.31. The van der Waals surface area contributed by atoms with Crippen LogP contribution in [-0.2, 0) is 4.74 Å². The van der Waals surface area contributed by atoms with E-state index in [1.54, 1.807) is 0 Å². The van der Waals surface area contributed by atoms with E-state index in [4.69, 9.17) is 4.74 Å². The van der Waals surface area contributed by atoms with Crippen LogP contribution in [0, 0.1) is 0 Å². The number of hydrogen-bond acceptors (Lipinski definition) is 2. The van der Waals surface area contributed by atoms with Gasteiger partial charge in [0.25, 0.3) is 0 Å². The first-order valence-corrected chi connectivity index (χ1v) is 8.49. The van der Waals surface area contributed by atoms with Crippen molar-refractivity contribution in [3.8, 4) is 22.3 Å². The second-order valence-corrected chi connectivity index (χ2v) is 6.10. The predicted molar refractivity (Wildman–Crippen MR) is 100 cm³/mol. The first-order chi connectivity index (χ1) is 11.9. The van der Waals surface area contributed by atoms with Gasteiger partial charge in [-0.15, -0.1) is 0 Å². The molecule has 1 heterocycles. The van der Waals surface area contributed by atoms with Crippen molar-refractivity contribution in [1.29, 1.82) is 0 Å². The summed E-state index contributed by atoms with van der Waals surface area (Å²) in [5, 5.41) is 0. The lowest BCUT2D eigenvalue weighted by atomic mass is 9.97. The van der Waals surface area contributed by atoms with Crippen LogP contribution in [0.5, 0.6) is 0 Å². The van der Waals surface area contributed by atoms with Crippen molar-refractivity contribution < 1.29 is 4.74 Å². The standard InChI is InChI=1S/C22H21NO/c1-3-7-18(8-4-1)20-15-21(19-9-5-2-6-10-19)17-22(16-20)23-11-13-24-14-12-23/h1-10,15-17H,11-14H2. The minimum atomic E-state index is 0.802. The summed E-state index contributed by atoms with van der Waals surface area (Å²) < 4.78 is 5.51.